The zero-order chi connectivity index (χ0) is 12.1. The van der Waals surface area contributed by atoms with Gasteiger partial charge in [-0.3, -0.25) is 0 Å². The van der Waals surface area contributed by atoms with E-state index in [4.69, 9.17) is 9.47 Å². The summed E-state index contributed by atoms with van der Waals surface area (Å²) in [7, 11) is 3.42. The molecule has 1 aliphatic rings. The van der Waals surface area contributed by atoms with Gasteiger partial charge in [-0.2, -0.15) is 0 Å². The Kier molecular flexibility index (Phi) is 3.98. The fourth-order valence-electron chi connectivity index (χ4n) is 1.86. The number of nitrogens with zero attached hydrogens (tertiary/aromatic N) is 2. The van der Waals surface area contributed by atoms with E-state index in [1.54, 1.807) is 14.2 Å². The molecule has 1 unspecified atom stereocenters. The third kappa shape index (κ3) is 2.76. The zero-order valence-electron chi connectivity index (χ0n) is 10.2. The number of hydrogen-bond acceptors (Lipinski definition) is 6. The summed E-state index contributed by atoms with van der Waals surface area (Å²) < 4.78 is 10.6. The molecule has 0 saturated carbocycles. The first kappa shape index (κ1) is 11.9. The molecule has 17 heavy (non-hydrogen) atoms. The number of methoxy groups -OCH3 is 1. The lowest BCUT2D eigenvalue weighted by Crippen LogP contribution is -2.16. The van der Waals surface area contributed by atoms with Crippen molar-refractivity contribution in [1.82, 2.24) is 9.97 Å². The first-order chi connectivity index (χ1) is 8.35. The fraction of sp³-hybridized carbons (Fsp3) is 0.636. The van der Waals surface area contributed by atoms with E-state index in [2.05, 4.69) is 20.6 Å². The third-order valence-electron chi connectivity index (χ3n) is 2.83. The van der Waals surface area contributed by atoms with Crippen molar-refractivity contribution in [3.8, 4) is 5.75 Å². The van der Waals surface area contributed by atoms with Crippen LogP contribution in [0.4, 0.5) is 11.6 Å². The van der Waals surface area contributed by atoms with E-state index in [0.717, 1.165) is 32.0 Å². The average Bonchev–Trinajstić information content (AvgIpc) is 2.88. The van der Waals surface area contributed by atoms with E-state index in [0.29, 0.717) is 17.5 Å². The van der Waals surface area contributed by atoms with Crippen LogP contribution in [0, 0.1) is 5.92 Å². The maximum absolute atomic E-state index is 5.33. The number of aromatic nitrogens is 2. The van der Waals surface area contributed by atoms with Gasteiger partial charge < -0.3 is 20.1 Å². The summed E-state index contributed by atoms with van der Waals surface area (Å²) in [5.41, 5.74) is 0. The molecule has 1 aliphatic heterocycles. The van der Waals surface area contributed by atoms with Crippen LogP contribution in [0.2, 0.25) is 0 Å². The number of rotatable bonds is 5. The van der Waals surface area contributed by atoms with E-state index in [9.17, 15) is 0 Å². The second-order valence-electron chi connectivity index (χ2n) is 3.96. The largest absolute Gasteiger partial charge is 0.490 e. The Balaban J connectivity index is 2.03. The van der Waals surface area contributed by atoms with E-state index >= 15 is 0 Å². The topological polar surface area (TPSA) is 68.3 Å². The Hall–Kier alpha value is -1.56. The molecule has 0 aromatic carbocycles. The number of hydrogen-bond donors (Lipinski definition) is 2. The lowest BCUT2D eigenvalue weighted by atomic mass is 10.1. The molecule has 1 atom stereocenters. The summed E-state index contributed by atoms with van der Waals surface area (Å²) in [6.45, 7) is 2.52. The van der Waals surface area contributed by atoms with Gasteiger partial charge in [-0.15, -0.1) is 0 Å². The van der Waals surface area contributed by atoms with Crippen LogP contribution in [0.15, 0.2) is 6.33 Å². The maximum Gasteiger partial charge on any atom is 0.204 e. The third-order valence-corrected chi connectivity index (χ3v) is 2.83. The van der Waals surface area contributed by atoms with Crippen molar-refractivity contribution in [2.75, 3.05) is 44.5 Å². The Labute approximate surface area is 101 Å². The minimum atomic E-state index is 0.549. The molecule has 1 saturated heterocycles. The lowest BCUT2D eigenvalue weighted by molar-refractivity contribution is 0.187. The van der Waals surface area contributed by atoms with Crippen LogP contribution in [0.25, 0.3) is 0 Å². The first-order valence-corrected chi connectivity index (χ1v) is 5.73. The summed E-state index contributed by atoms with van der Waals surface area (Å²) in [4.78, 5) is 8.29. The molecule has 94 valence electrons. The van der Waals surface area contributed by atoms with Gasteiger partial charge in [0.1, 0.15) is 6.33 Å². The van der Waals surface area contributed by atoms with Gasteiger partial charge in [0.15, 0.2) is 11.6 Å². The van der Waals surface area contributed by atoms with Crippen molar-refractivity contribution >= 4 is 11.6 Å². The SMILES string of the molecule is CNc1ncnc(NCC2CCOC2)c1OC. The van der Waals surface area contributed by atoms with E-state index in [1.165, 1.54) is 6.33 Å². The Bertz CT molecular complexity index is 366. The van der Waals surface area contributed by atoms with Gasteiger partial charge in [0.05, 0.1) is 13.7 Å². The second-order valence-corrected chi connectivity index (χ2v) is 3.96. The van der Waals surface area contributed by atoms with Crippen molar-refractivity contribution in [1.29, 1.82) is 0 Å². The second kappa shape index (κ2) is 5.67. The molecule has 2 rings (SSSR count). The van der Waals surface area contributed by atoms with Crippen molar-refractivity contribution in [3.05, 3.63) is 6.33 Å². The average molecular weight is 238 g/mol. The lowest BCUT2D eigenvalue weighted by Gasteiger charge is -2.14. The Morgan fingerprint density at radius 2 is 2.29 bits per heavy atom. The molecule has 6 heteroatoms. The Morgan fingerprint density at radius 1 is 1.47 bits per heavy atom. The maximum atomic E-state index is 5.33. The van der Waals surface area contributed by atoms with E-state index in [-0.39, 0.29) is 0 Å². The van der Waals surface area contributed by atoms with Gasteiger partial charge in [0.2, 0.25) is 5.75 Å². The molecule has 0 aliphatic carbocycles. The van der Waals surface area contributed by atoms with Gasteiger partial charge in [-0.1, -0.05) is 0 Å². The van der Waals surface area contributed by atoms with Gasteiger partial charge in [0, 0.05) is 26.1 Å². The molecular formula is C11H18N4O2. The van der Waals surface area contributed by atoms with E-state index in [1.807, 2.05) is 0 Å². The molecule has 0 amide bonds. The molecule has 1 aromatic rings. The smallest absolute Gasteiger partial charge is 0.204 e. The minimum Gasteiger partial charge on any atom is -0.490 e. The highest BCUT2D eigenvalue weighted by atomic mass is 16.5. The van der Waals surface area contributed by atoms with Crippen molar-refractivity contribution < 1.29 is 9.47 Å². The fourth-order valence-corrected chi connectivity index (χ4v) is 1.86. The minimum absolute atomic E-state index is 0.549. The molecule has 0 radical (unpaired) electrons. The van der Waals surface area contributed by atoms with Gasteiger partial charge in [-0.25, -0.2) is 9.97 Å². The normalized spacial score (nSPS) is 19.1. The zero-order valence-corrected chi connectivity index (χ0v) is 10.2. The molecule has 1 fully saturated rings. The molecule has 0 spiro atoms. The number of anilines is 2. The van der Waals surface area contributed by atoms with Gasteiger partial charge in [0.25, 0.3) is 0 Å². The summed E-state index contributed by atoms with van der Waals surface area (Å²) >= 11 is 0. The predicted molar refractivity (Wildman–Crippen MR) is 65.5 cm³/mol. The van der Waals surface area contributed by atoms with Crippen LogP contribution in [-0.2, 0) is 4.74 Å². The van der Waals surface area contributed by atoms with Crippen LogP contribution in [0.5, 0.6) is 5.75 Å². The van der Waals surface area contributed by atoms with E-state index < -0.39 is 0 Å². The van der Waals surface area contributed by atoms with Gasteiger partial charge >= 0.3 is 0 Å². The highest BCUT2D eigenvalue weighted by molar-refractivity contribution is 5.63. The monoisotopic (exact) mass is 238 g/mol. The van der Waals surface area contributed by atoms with Crippen LogP contribution < -0.4 is 15.4 Å². The molecular weight excluding hydrogens is 220 g/mol. The van der Waals surface area contributed by atoms with Crippen LogP contribution >= 0.6 is 0 Å². The van der Waals surface area contributed by atoms with Crippen LogP contribution in [-0.4, -0.2) is 43.9 Å². The molecule has 1 aromatic heterocycles. The quantitative estimate of drug-likeness (QED) is 0.797. The highest BCUT2D eigenvalue weighted by Crippen LogP contribution is 2.28. The summed E-state index contributed by atoms with van der Waals surface area (Å²) in [5.74, 6) is 2.60. The molecule has 2 heterocycles. The standard InChI is InChI=1S/C11H18N4O2/c1-12-10-9(16-2)11(15-7-14-10)13-5-8-3-4-17-6-8/h7-8H,3-6H2,1-2H3,(H2,12,13,14,15). The van der Waals surface area contributed by atoms with Crippen molar-refractivity contribution in [2.24, 2.45) is 5.92 Å². The van der Waals surface area contributed by atoms with Crippen LogP contribution in [0.3, 0.4) is 0 Å². The summed E-state index contributed by atoms with van der Waals surface area (Å²) in [6.07, 6.45) is 2.61. The van der Waals surface area contributed by atoms with Gasteiger partial charge in [-0.05, 0) is 6.42 Å². The molecule has 0 bridgehead atoms. The van der Waals surface area contributed by atoms with Crippen LogP contribution in [0.1, 0.15) is 6.42 Å². The highest BCUT2D eigenvalue weighted by Gasteiger charge is 2.17. The molecule has 6 nitrogen and oxygen atoms in total. The molecule has 2 N–H and O–H groups in total. The van der Waals surface area contributed by atoms with Crippen molar-refractivity contribution in [2.45, 2.75) is 6.42 Å². The first-order valence-electron chi connectivity index (χ1n) is 5.73. The predicted octanol–water partition coefficient (Wildman–Crippen LogP) is 0.975. The van der Waals surface area contributed by atoms with Crippen molar-refractivity contribution in [3.63, 3.8) is 0 Å². The summed E-state index contributed by atoms with van der Waals surface area (Å²) in [5, 5.41) is 6.26. The number of ether oxygens (including phenoxy) is 2. The number of nitrogens with one attached hydrogen (secondary N) is 2. The Morgan fingerprint density at radius 3 is 2.94 bits per heavy atom. The summed E-state index contributed by atoms with van der Waals surface area (Å²) in [6, 6.07) is 0.